The van der Waals surface area contributed by atoms with Crippen LogP contribution in [-0.4, -0.2) is 0 Å². The molecular formula is C12H27Ti. The third kappa shape index (κ3) is 106. The zero-order valence-electron chi connectivity index (χ0n) is 9.86. The Morgan fingerprint density at radius 2 is 0.692 bits per heavy atom. The fourth-order valence-electron chi connectivity index (χ4n) is 0. The van der Waals surface area contributed by atoms with Crippen molar-refractivity contribution in [2.75, 3.05) is 0 Å². The molecule has 0 nitrogen and oxygen atoms in total. The summed E-state index contributed by atoms with van der Waals surface area (Å²) in [6.45, 7) is 17.2. The van der Waals surface area contributed by atoms with Gasteiger partial charge in [0.25, 0.3) is 0 Å². The monoisotopic (exact) mass is 219 g/mol. The maximum absolute atomic E-state index is 3.60. The molecule has 0 aromatic heterocycles. The molecule has 0 atom stereocenters. The van der Waals surface area contributed by atoms with E-state index in [2.05, 4.69) is 41.5 Å². The van der Waals surface area contributed by atoms with Crippen LogP contribution in [0.3, 0.4) is 0 Å². The fraction of sp³-hybridized carbons (Fsp3) is 0.750. The van der Waals surface area contributed by atoms with Crippen molar-refractivity contribution in [1.29, 1.82) is 0 Å². The number of hydrogen-bond acceptors (Lipinski definition) is 0. The van der Waals surface area contributed by atoms with E-state index in [1.807, 2.05) is 0 Å². The van der Waals surface area contributed by atoms with Crippen molar-refractivity contribution >= 4 is 0 Å². The van der Waals surface area contributed by atoms with E-state index in [-0.39, 0.29) is 21.7 Å². The summed E-state index contributed by atoms with van der Waals surface area (Å²) < 4.78 is 0. The summed E-state index contributed by atoms with van der Waals surface area (Å²) in [5, 5.41) is 0. The van der Waals surface area contributed by atoms with Gasteiger partial charge in [0.1, 0.15) is 0 Å². The molecule has 0 heterocycles. The Morgan fingerprint density at radius 1 is 0.615 bits per heavy atom. The molecular weight excluding hydrogens is 192 g/mol. The van der Waals surface area contributed by atoms with Crippen molar-refractivity contribution < 1.29 is 21.7 Å². The quantitative estimate of drug-likeness (QED) is 0.469. The molecule has 0 aliphatic carbocycles. The summed E-state index contributed by atoms with van der Waals surface area (Å²) in [5.41, 5.74) is 0. The molecule has 0 N–H and O–H groups in total. The molecule has 0 aromatic rings. The Morgan fingerprint density at radius 3 is 0.692 bits per heavy atom. The Bertz CT molecular complexity index is 20.6. The summed E-state index contributed by atoms with van der Waals surface area (Å²) >= 11 is 0. The third-order valence-electron chi connectivity index (χ3n) is 1.06. The molecule has 13 heavy (non-hydrogen) atoms. The van der Waals surface area contributed by atoms with Gasteiger partial charge in [-0.2, -0.15) is 19.3 Å². The SMILES string of the molecule is [CH2-]CCC.[CH2-]CCC.[CH2-]CCC.[Ti+3]. The standard InChI is InChI=1S/3C4H9.Ti/c3*1-3-4-2;/h3*1,3-4H2,2H3;/q3*-1;+3. The van der Waals surface area contributed by atoms with E-state index in [0.717, 1.165) is 19.3 Å². The largest absolute Gasteiger partial charge is 3.00 e. The van der Waals surface area contributed by atoms with Gasteiger partial charge in [0, 0.05) is 0 Å². The van der Waals surface area contributed by atoms with E-state index in [1.165, 1.54) is 19.3 Å². The van der Waals surface area contributed by atoms with E-state index in [4.69, 9.17) is 0 Å². The Hall–Kier alpha value is 0.714. The van der Waals surface area contributed by atoms with Crippen LogP contribution in [0.4, 0.5) is 0 Å². The number of hydrogen-bond donors (Lipinski definition) is 0. The Kier molecular flexibility index (Phi) is 69.9. The van der Waals surface area contributed by atoms with Crippen LogP contribution in [0.25, 0.3) is 0 Å². The van der Waals surface area contributed by atoms with Crippen LogP contribution in [-0.2, 0) is 21.7 Å². The minimum absolute atomic E-state index is 0. The maximum atomic E-state index is 3.60. The smallest absolute Gasteiger partial charge is 0.343 e. The minimum atomic E-state index is 0. The second-order valence-electron chi connectivity index (χ2n) is 2.56. The molecule has 0 saturated carbocycles. The topological polar surface area (TPSA) is 0 Å². The number of rotatable bonds is 3. The van der Waals surface area contributed by atoms with E-state index < -0.39 is 0 Å². The van der Waals surface area contributed by atoms with Crippen LogP contribution in [0.2, 0.25) is 0 Å². The molecule has 0 aliphatic heterocycles. The van der Waals surface area contributed by atoms with Crippen molar-refractivity contribution in [1.82, 2.24) is 0 Å². The molecule has 0 aromatic carbocycles. The van der Waals surface area contributed by atoms with Crippen molar-refractivity contribution in [3.8, 4) is 0 Å². The van der Waals surface area contributed by atoms with Crippen LogP contribution in [0.5, 0.6) is 0 Å². The second-order valence-corrected chi connectivity index (χ2v) is 2.56. The van der Waals surface area contributed by atoms with Gasteiger partial charge >= 0.3 is 21.7 Å². The van der Waals surface area contributed by atoms with Gasteiger partial charge in [-0.25, -0.2) is 0 Å². The molecule has 0 bridgehead atoms. The van der Waals surface area contributed by atoms with Gasteiger partial charge in [-0.1, -0.05) is 40.0 Å². The van der Waals surface area contributed by atoms with E-state index in [9.17, 15) is 0 Å². The minimum Gasteiger partial charge on any atom is -0.343 e. The molecule has 0 rings (SSSR count). The molecule has 79 valence electrons. The first-order chi connectivity index (χ1) is 5.74. The maximum Gasteiger partial charge on any atom is 3.00 e. The summed E-state index contributed by atoms with van der Waals surface area (Å²) in [6, 6.07) is 0. The van der Waals surface area contributed by atoms with Crippen molar-refractivity contribution in [2.24, 2.45) is 0 Å². The van der Waals surface area contributed by atoms with E-state index in [0.29, 0.717) is 0 Å². The Labute approximate surface area is 102 Å². The van der Waals surface area contributed by atoms with Gasteiger partial charge in [-0.15, -0.1) is 0 Å². The summed E-state index contributed by atoms with van der Waals surface area (Å²) in [6.07, 6.45) is 6.83. The Balaban J connectivity index is -0.0000000450. The van der Waals surface area contributed by atoms with Gasteiger partial charge in [-0.05, 0) is 0 Å². The normalized spacial score (nSPS) is 6.92. The van der Waals surface area contributed by atoms with Crippen LogP contribution >= 0.6 is 0 Å². The average molecular weight is 219 g/mol. The third-order valence-corrected chi connectivity index (χ3v) is 1.06. The first-order valence-electron chi connectivity index (χ1n) is 5.12. The van der Waals surface area contributed by atoms with Gasteiger partial charge in [0.15, 0.2) is 0 Å². The van der Waals surface area contributed by atoms with Crippen LogP contribution in [0, 0.1) is 20.8 Å². The predicted molar refractivity (Wildman–Crippen MR) is 60.8 cm³/mol. The van der Waals surface area contributed by atoms with Crippen molar-refractivity contribution in [2.45, 2.75) is 59.3 Å². The van der Waals surface area contributed by atoms with Crippen molar-refractivity contribution in [3.05, 3.63) is 20.8 Å². The van der Waals surface area contributed by atoms with Crippen molar-refractivity contribution in [3.63, 3.8) is 0 Å². The molecule has 0 saturated heterocycles. The molecule has 0 spiro atoms. The van der Waals surface area contributed by atoms with Crippen LogP contribution < -0.4 is 0 Å². The molecule has 1 heteroatoms. The predicted octanol–water partition coefficient (Wildman–Crippen LogP) is 4.86. The zero-order chi connectivity index (χ0) is 10.2. The first-order valence-corrected chi connectivity index (χ1v) is 5.12. The fourth-order valence-corrected chi connectivity index (χ4v) is 0. The molecule has 0 fully saturated rings. The summed E-state index contributed by atoms with van der Waals surface area (Å²) in [5.74, 6) is 0. The summed E-state index contributed by atoms with van der Waals surface area (Å²) in [7, 11) is 0. The van der Waals surface area contributed by atoms with E-state index in [1.54, 1.807) is 0 Å². The summed E-state index contributed by atoms with van der Waals surface area (Å²) in [4.78, 5) is 0. The van der Waals surface area contributed by atoms with Gasteiger partial charge in [0.2, 0.25) is 0 Å². The molecule has 0 aliphatic rings. The molecule has 0 amide bonds. The number of unbranched alkanes of at least 4 members (excludes halogenated alkanes) is 3. The van der Waals surface area contributed by atoms with Gasteiger partial charge in [-0.3, -0.25) is 0 Å². The first kappa shape index (κ1) is 23.5. The van der Waals surface area contributed by atoms with Crippen LogP contribution in [0.15, 0.2) is 0 Å². The molecule has 0 unspecified atom stereocenters. The van der Waals surface area contributed by atoms with Crippen LogP contribution in [0.1, 0.15) is 59.3 Å². The second kappa shape index (κ2) is 38.7. The molecule has 1 radical (unpaired) electrons. The van der Waals surface area contributed by atoms with E-state index >= 15 is 0 Å². The van der Waals surface area contributed by atoms with Gasteiger partial charge in [0.05, 0.1) is 0 Å². The zero-order valence-corrected chi connectivity index (χ0v) is 11.4. The van der Waals surface area contributed by atoms with Gasteiger partial charge < -0.3 is 20.8 Å². The average Bonchev–Trinajstić information content (AvgIpc) is 2.18.